The maximum atomic E-state index is 5.88. The van der Waals surface area contributed by atoms with Crippen LogP contribution in [-0.2, 0) is 0 Å². The molecule has 2 heteroatoms. The molecule has 1 aliphatic rings. The molecule has 3 rings (SSSR count). The van der Waals surface area contributed by atoms with Crippen LogP contribution in [0.25, 0.3) is 5.57 Å². The monoisotopic (exact) mass is 286 g/mol. The average molecular weight is 287 g/mol. The molecule has 0 unspecified atom stereocenters. The van der Waals surface area contributed by atoms with Gasteiger partial charge in [-0.15, -0.1) is 0 Å². The zero-order chi connectivity index (χ0) is 12.0. The summed E-state index contributed by atoms with van der Waals surface area (Å²) in [7, 11) is 0. The van der Waals surface area contributed by atoms with Crippen molar-refractivity contribution in [2.75, 3.05) is 0 Å². The van der Waals surface area contributed by atoms with Gasteiger partial charge >= 0.3 is 0 Å². The largest absolute Gasteiger partial charge is 0.456 e. The van der Waals surface area contributed by atoms with Crippen LogP contribution < -0.4 is 4.74 Å². The van der Waals surface area contributed by atoms with E-state index >= 15 is 0 Å². The van der Waals surface area contributed by atoms with Crippen molar-refractivity contribution >= 4 is 21.5 Å². The van der Waals surface area contributed by atoms with Crippen molar-refractivity contribution in [1.29, 1.82) is 0 Å². The van der Waals surface area contributed by atoms with Gasteiger partial charge in [-0.1, -0.05) is 34.1 Å². The van der Waals surface area contributed by atoms with E-state index in [2.05, 4.69) is 41.6 Å². The molecule has 1 aliphatic heterocycles. The Kier molecular flexibility index (Phi) is 2.33. The van der Waals surface area contributed by atoms with Crippen molar-refractivity contribution in [2.45, 2.75) is 6.92 Å². The van der Waals surface area contributed by atoms with E-state index in [1.807, 2.05) is 24.3 Å². The molecule has 2 aromatic carbocycles. The average Bonchev–Trinajstić information content (AvgIpc) is 2.32. The van der Waals surface area contributed by atoms with E-state index in [-0.39, 0.29) is 0 Å². The highest BCUT2D eigenvalue weighted by molar-refractivity contribution is 9.10. The third-order valence-electron chi connectivity index (χ3n) is 2.95. The van der Waals surface area contributed by atoms with Gasteiger partial charge in [0.2, 0.25) is 0 Å². The Morgan fingerprint density at radius 3 is 2.41 bits per heavy atom. The van der Waals surface area contributed by atoms with Crippen LogP contribution >= 0.6 is 15.9 Å². The van der Waals surface area contributed by atoms with Gasteiger partial charge < -0.3 is 4.74 Å². The summed E-state index contributed by atoms with van der Waals surface area (Å²) in [6.45, 7) is 6.25. The zero-order valence-corrected chi connectivity index (χ0v) is 11.0. The molecular weight excluding hydrogens is 276 g/mol. The molecule has 0 amide bonds. The first-order chi connectivity index (χ1) is 8.15. The van der Waals surface area contributed by atoms with Gasteiger partial charge in [0.05, 0.1) is 0 Å². The predicted molar refractivity (Wildman–Crippen MR) is 73.5 cm³/mol. The van der Waals surface area contributed by atoms with Gasteiger partial charge in [0.1, 0.15) is 11.5 Å². The summed E-state index contributed by atoms with van der Waals surface area (Å²) in [5.41, 5.74) is 4.37. The second kappa shape index (κ2) is 3.74. The molecule has 2 aromatic rings. The number of ether oxygens (including phenoxy) is 1. The molecule has 0 aromatic heterocycles. The van der Waals surface area contributed by atoms with Crippen molar-refractivity contribution in [3.63, 3.8) is 0 Å². The molecule has 0 aliphatic carbocycles. The minimum atomic E-state index is 0.870. The molecule has 17 heavy (non-hydrogen) atoms. The lowest BCUT2D eigenvalue weighted by atomic mass is 9.94. The van der Waals surface area contributed by atoms with E-state index in [1.165, 1.54) is 5.56 Å². The molecule has 0 saturated heterocycles. The Morgan fingerprint density at radius 2 is 1.65 bits per heavy atom. The third-order valence-corrected chi connectivity index (χ3v) is 3.44. The quantitative estimate of drug-likeness (QED) is 0.570. The summed E-state index contributed by atoms with van der Waals surface area (Å²) >= 11 is 3.48. The van der Waals surface area contributed by atoms with Crippen LogP contribution in [0.5, 0.6) is 11.5 Å². The van der Waals surface area contributed by atoms with Gasteiger partial charge in [0.25, 0.3) is 0 Å². The summed E-state index contributed by atoms with van der Waals surface area (Å²) in [5.74, 6) is 1.75. The minimum Gasteiger partial charge on any atom is -0.456 e. The predicted octanol–water partition coefficient (Wildman–Crippen LogP) is 4.92. The van der Waals surface area contributed by atoms with Crippen molar-refractivity contribution < 1.29 is 4.74 Å². The van der Waals surface area contributed by atoms with Crippen LogP contribution in [0.1, 0.15) is 16.7 Å². The van der Waals surface area contributed by atoms with Gasteiger partial charge in [-0.3, -0.25) is 0 Å². The van der Waals surface area contributed by atoms with Crippen molar-refractivity contribution in [2.24, 2.45) is 0 Å². The maximum absolute atomic E-state index is 5.88. The lowest BCUT2D eigenvalue weighted by molar-refractivity contribution is 0.474. The number of benzene rings is 2. The first-order valence-corrected chi connectivity index (χ1v) is 6.22. The number of fused-ring (bicyclic) bond motifs is 2. The summed E-state index contributed by atoms with van der Waals surface area (Å²) in [6.07, 6.45) is 0. The van der Waals surface area contributed by atoms with Crippen LogP contribution in [0.15, 0.2) is 47.4 Å². The minimum absolute atomic E-state index is 0.870. The van der Waals surface area contributed by atoms with Crippen molar-refractivity contribution in [3.05, 3.63) is 64.1 Å². The van der Waals surface area contributed by atoms with Gasteiger partial charge in [0.15, 0.2) is 0 Å². The van der Waals surface area contributed by atoms with E-state index in [9.17, 15) is 0 Å². The zero-order valence-electron chi connectivity index (χ0n) is 9.46. The highest BCUT2D eigenvalue weighted by Crippen LogP contribution is 2.43. The van der Waals surface area contributed by atoms with E-state index in [1.54, 1.807) is 0 Å². The molecule has 0 radical (unpaired) electrons. The topological polar surface area (TPSA) is 9.23 Å². The molecule has 1 nitrogen and oxygen atoms in total. The standard InChI is InChI=1S/C15H11BrO/c1-9-3-5-14-12(7-9)10(2)13-8-11(16)4-6-15(13)17-14/h3-8H,2H2,1H3. The van der Waals surface area contributed by atoms with Gasteiger partial charge in [-0.05, 0) is 42.8 Å². The van der Waals surface area contributed by atoms with Gasteiger partial charge in [-0.25, -0.2) is 0 Å². The van der Waals surface area contributed by atoms with Crippen LogP contribution in [-0.4, -0.2) is 0 Å². The van der Waals surface area contributed by atoms with Gasteiger partial charge in [0, 0.05) is 15.6 Å². The van der Waals surface area contributed by atoms with Crippen LogP contribution in [0.2, 0.25) is 0 Å². The number of hydrogen-bond donors (Lipinski definition) is 0. The lowest BCUT2D eigenvalue weighted by Crippen LogP contribution is -2.01. The van der Waals surface area contributed by atoms with Crippen molar-refractivity contribution in [3.8, 4) is 11.5 Å². The Morgan fingerprint density at radius 1 is 1.00 bits per heavy atom. The SMILES string of the molecule is C=C1c2cc(C)ccc2Oc2ccc(Br)cc21. The van der Waals surface area contributed by atoms with Crippen molar-refractivity contribution in [1.82, 2.24) is 0 Å². The smallest absolute Gasteiger partial charge is 0.135 e. The summed E-state index contributed by atoms with van der Waals surface area (Å²) < 4.78 is 6.92. The normalized spacial score (nSPS) is 12.7. The number of rotatable bonds is 0. The summed E-state index contributed by atoms with van der Waals surface area (Å²) in [4.78, 5) is 0. The van der Waals surface area contributed by atoms with Crippen LogP contribution in [0.3, 0.4) is 0 Å². The molecular formula is C15H11BrO. The third kappa shape index (κ3) is 1.69. The van der Waals surface area contributed by atoms with Crippen LogP contribution in [0.4, 0.5) is 0 Å². The van der Waals surface area contributed by atoms with Gasteiger partial charge in [-0.2, -0.15) is 0 Å². The maximum Gasteiger partial charge on any atom is 0.135 e. The number of aryl methyl sites for hydroxylation is 1. The second-order valence-electron chi connectivity index (χ2n) is 4.22. The Bertz CT molecular complexity index is 575. The number of halogens is 1. The molecule has 0 spiro atoms. The molecule has 0 N–H and O–H groups in total. The van der Waals surface area contributed by atoms with E-state index in [0.29, 0.717) is 0 Å². The fraction of sp³-hybridized carbons (Fsp3) is 0.0667. The molecule has 0 saturated carbocycles. The Hall–Kier alpha value is -1.54. The lowest BCUT2D eigenvalue weighted by Gasteiger charge is -2.22. The summed E-state index contributed by atoms with van der Waals surface area (Å²) in [6, 6.07) is 12.2. The molecule has 84 valence electrons. The second-order valence-corrected chi connectivity index (χ2v) is 5.14. The molecule has 0 atom stereocenters. The molecule has 1 heterocycles. The molecule has 0 fully saturated rings. The highest BCUT2D eigenvalue weighted by Gasteiger charge is 2.20. The van der Waals surface area contributed by atoms with E-state index in [4.69, 9.17) is 4.74 Å². The highest BCUT2D eigenvalue weighted by atomic mass is 79.9. The Balaban J connectivity index is 2.21. The first-order valence-electron chi connectivity index (χ1n) is 5.43. The van der Waals surface area contributed by atoms with E-state index in [0.717, 1.165) is 32.7 Å². The Labute approximate surface area is 109 Å². The fourth-order valence-electron chi connectivity index (χ4n) is 2.06. The molecule has 0 bridgehead atoms. The number of hydrogen-bond acceptors (Lipinski definition) is 1. The fourth-order valence-corrected chi connectivity index (χ4v) is 2.42. The first kappa shape index (κ1) is 10.6. The van der Waals surface area contributed by atoms with E-state index < -0.39 is 0 Å². The van der Waals surface area contributed by atoms with Crippen LogP contribution in [0, 0.1) is 6.92 Å². The summed E-state index contributed by atoms with van der Waals surface area (Å²) in [5, 5.41) is 0.